The molecule has 2 rings (SSSR count). The summed E-state index contributed by atoms with van der Waals surface area (Å²) in [5.41, 5.74) is 1.64. The van der Waals surface area contributed by atoms with Crippen LogP contribution in [0.25, 0.3) is 11.1 Å². The van der Waals surface area contributed by atoms with E-state index in [0.29, 0.717) is 18.7 Å². The molecule has 0 N–H and O–H groups in total. The largest absolute Gasteiger partial charge is 0.441 e. The van der Waals surface area contributed by atoms with Crippen LogP contribution in [-0.2, 0) is 11.2 Å². The fraction of sp³-hybridized carbons (Fsp3) is 0.385. The Morgan fingerprint density at radius 1 is 1.38 bits per heavy atom. The zero-order chi connectivity index (χ0) is 11.5. The maximum Gasteiger partial charge on any atom is 0.195 e. The molecule has 2 aromatic rings. The highest BCUT2D eigenvalue weighted by atomic mass is 16.3. The minimum atomic E-state index is 0.0874. The number of carbonyl (C=O) groups is 1. The van der Waals surface area contributed by atoms with E-state index in [1.807, 2.05) is 38.1 Å². The van der Waals surface area contributed by atoms with Crippen molar-refractivity contribution >= 4 is 16.9 Å². The molecule has 0 unspecified atom stereocenters. The van der Waals surface area contributed by atoms with Crippen molar-refractivity contribution in [3.8, 4) is 0 Å². The molecule has 1 heterocycles. The molecule has 0 amide bonds. The van der Waals surface area contributed by atoms with Crippen LogP contribution in [-0.4, -0.2) is 10.8 Å². The highest BCUT2D eigenvalue weighted by Gasteiger charge is 2.10. The summed E-state index contributed by atoms with van der Waals surface area (Å²) in [5.74, 6) is 0.988. The van der Waals surface area contributed by atoms with Crippen LogP contribution >= 0.6 is 0 Å². The van der Waals surface area contributed by atoms with Crippen LogP contribution in [0.5, 0.6) is 0 Å². The quantitative estimate of drug-likeness (QED) is 0.790. The number of oxazole rings is 1. The monoisotopic (exact) mass is 217 g/mol. The van der Waals surface area contributed by atoms with E-state index in [9.17, 15) is 4.79 Å². The third kappa shape index (κ3) is 2.30. The molecule has 0 aliphatic rings. The second kappa shape index (κ2) is 4.47. The van der Waals surface area contributed by atoms with Gasteiger partial charge in [-0.3, -0.25) is 4.79 Å². The van der Waals surface area contributed by atoms with E-state index in [1.165, 1.54) is 0 Å². The van der Waals surface area contributed by atoms with Gasteiger partial charge < -0.3 is 4.42 Å². The fourth-order valence-corrected chi connectivity index (χ4v) is 1.55. The first-order valence-corrected chi connectivity index (χ1v) is 5.54. The van der Waals surface area contributed by atoms with Gasteiger partial charge in [-0.05, 0) is 12.1 Å². The van der Waals surface area contributed by atoms with Gasteiger partial charge in [0.05, 0.1) is 0 Å². The van der Waals surface area contributed by atoms with E-state index >= 15 is 0 Å². The number of hydrogen-bond donors (Lipinski definition) is 0. The Morgan fingerprint density at radius 2 is 2.12 bits per heavy atom. The van der Waals surface area contributed by atoms with Crippen molar-refractivity contribution < 1.29 is 9.21 Å². The third-order valence-corrected chi connectivity index (χ3v) is 2.57. The lowest BCUT2D eigenvalue weighted by Gasteiger charge is -2.00. The molecule has 1 aromatic heterocycles. The molecule has 84 valence electrons. The van der Waals surface area contributed by atoms with Gasteiger partial charge in [0.15, 0.2) is 11.5 Å². The number of Topliss-reactive ketones (excluding diaryl/α,β-unsaturated/α-hetero) is 1. The smallest absolute Gasteiger partial charge is 0.195 e. The Bertz CT molecular complexity index is 466. The number of hydrogen-bond acceptors (Lipinski definition) is 3. The van der Waals surface area contributed by atoms with Crippen LogP contribution in [0.4, 0.5) is 0 Å². The number of aryl methyl sites for hydroxylation is 1. The summed E-state index contributed by atoms with van der Waals surface area (Å²) in [6.45, 7) is 3.82. The van der Waals surface area contributed by atoms with Crippen molar-refractivity contribution in [3.05, 3.63) is 30.2 Å². The number of carbonyl (C=O) groups excluding carboxylic acids is 1. The van der Waals surface area contributed by atoms with Gasteiger partial charge in [0.25, 0.3) is 0 Å². The van der Waals surface area contributed by atoms with Gasteiger partial charge in [-0.15, -0.1) is 0 Å². The third-order valence-electron chi connectivity index (χ3n) is 2.57. The summed E-state index contributed by atoms with van der Waals surface area (Å²) >= 11 is 0. The summed E-state index contributed by atoms with van der Waals surface area (Å²) in [6, 6.07) is 7.63. The van der Waals surface area contributed by atoms with Gasteiger partial charge in [0.1, 0.15) is 11.3 Å². The normalized spacial score (nSPS) is 11.2. The van der Waals surface area contributed by atoms with Gasteiger partial charge in [0, 0.05) is 18.8 Å². The maximum atomic E-state index is 11.5. The molecule has 0 radical (unpaired) electrons. The first kappa shape index (κ1) is 10.9. The molecule has 0 fully saturated rings. The Labute approximate surface area is 94.5 Å². The molecule has 0 spiro atoms. The van der Waals surface area contributed by atoms with Crippen LogP contribution < -0.4 is 0 Å². The highest BCUT2D eigenvalue weighted by Crippen LogP contribution is 2.16. The minimum Gasteiger partial charge on any atom is -0.441 e. The van der Waals surface area contributed by atoms with Crippen molar-refractivity contribution in [3.63, 3.8) is 0 Å². The van der Waals surface area contributed by atoms with E-state index < -0.39 is 0 Å². The van der Waals surface area contributed by atoms with Gasteiger partial charge in [-0.2, -0.15) is 0 Å². The molecule has 0 saturated heterocycles. The summed E-state index contributed by atoms with van der Waals surface area (Å²) in [5, 5.41) is 0. The first-order chi connectivity index (χ1) is 7.66. The van der Waals surface area contributed by atoms with Crippen LogP contribution in [0.15, 0.2) is 28.7 Å². The minimum absolute atomic E-state index is 0.0874. The standard InChI is InChI=1S/C13H15NO2/c1-9(2)11(15)7-8-13-14-10-5-3-4-6-12(10)16-13/h3-6,9H,7-8H2,1-2H3. The van der Waals surface area contributed by atoms with Gasteiger partial charge in [-0.1, -0.05) is 26.0 Å². The van der Waals surface area contributed by atoms with Crippen molar-refractivity contribution in [2.24, 2.45) is 5.92 Å². The summed E-state index contributed by atoms with van der Waals surface area (Å²) < 4.78 is 5.53. The molecule has 0 atom stereocenters. The number of rotatable bonds is 4. The zero-order valence-corrected chi connectivity index (χ0v) is 9.56. The van der Waals surface area contributed by atoms with Crippen molar-refractivity contribution in [2.75, 3.05) is 0 Å². The number of nitrogens with zero attached hydrogens (tertiary/aromatic N) is 1. The fourth-order valence-electron chi connectivity index (χ4n) is 1.55. The molecular formula is C13H15NO2. The zero-order valence-electron chi connectivity index (χ0n) is 9.56. The predicted molar refractivity (Wildman–Crippen MR) is 62.2 cm³/mol. The molecule has 0 aliphatic carbocycles. The molecule has 3 nitrogen and oxygen atoms in total. The Kier molecular flexibility index (Phi) is 3.04. The number of fused-ring (bicyclic) bond motifs is 1. The Morgan fingerprint density at radius 3 is 2.81 bits per heavy atom. The Balaban J connectivity index is 2.07. The van der Waals surface area contributed by atoms with Crippen molar-refractivity contribution in [1.29, 1.82) is 0 Å². The number of ketones is 1. The van der Waals surface area contributed by atoms with Crippen LogP contribution in [0, 0.1) is 5.92 Å². The van der Waals surface area contributed by atoms with E-state index in [-0.39, 0.29) is 11.7 Å². The highest BCUT2D eigenvalue weighted by molar-refractivity contribution is 5.80. The van der Waals surface area contributed by atoms with Crippen LogP contribution in [0.2, 0.25) is 0 Å². The second-order valence-electron chi connectivity index (χ2n) is 4.20. The van der Waals surface area contributed by atoms with Crippen molar-refractivity contribution in [2.45, 2.75) is 26.7 Å². The molecule has 1 aromatic carbocycles. The SMILES string of the molecule is CC(C)C(=O)CCc1nc2ccccc2o1. The van der Waals surface area contributed by atoms with E-state index in [0.717, 1.165) is 11.1 Å². The summed E-state index contributed by atoms with van der Waals surface area (Å²) in [6.07, 6.45) is 1.09. The topological polar surface area (TPSA) is 43.1 Å². The lowest BCUT2D eigenvalue weighted by Crippen LogP contribution is -2.07. The molecule has 3 heteroatoms. The molecule has 16 heavy (non-hydrogen) atoms. The lowest BCUT2D eigenvalue weighted by molar-refractivity contribution is -0.121. The van der Waals surface area contributed by atoms with E-state index in [1.54, 1.807) is 0 Å². The number of aromatic nitrogens is 1. The van der Waals surface area contributed by atoms with E-state index in [4.69, 9.17) is 4.42 Å². The van der Waals surface area contributed by atoms with E-state index in [2.05, 4.69) is 4.98 Å². The number of para-hydroxylation sites is 2. The Hall–Kier alpha value is -1.64. The van der Waals surface area contributed by atoms with Gasteiger partial charge >= 0.3 is 0 Å². The van der Waals surface area contributed by atoms with Crippen LogP contribution in [0.1, 0.15) is 26.2 Å². The average molecular weight is 217 g/mol. The molecule has 0 bridgehead atoms. The summed E-state index contributed by atoms with van der Waals surface area (Å²) in [7, 11) is 0. The predicted octanol–water partition coefficient (Wildman–Crippen LogP) is 2.99. The number of benzene rings is 1. The second-order valence-corrected chi connectivity index (χ2v) is 4.20. The molecule has 0 saturated carbocycles. The first-order valence-electron chi connectivity index (χ1n) is 5.54. The van der Waals surface area contributed by atoms with Crippen molar-refractivity contribution in [1.82, 2.24) is 4.98 Å². The lowest BCUT2D eigenvalue weighted by atomic mass is 10.1. The molecular weight excluding hydrogens is 202 g/mol. The molecule has 0 aliphatic heterocycles. The van der Waals surface area contributed by atoms with Gasteiger partial charge in [-0.25, -0.2) is 4.98 Å². The average Bonchev–Trinajstić information content (AvgIpc) is 2.68. The summed E-state index contributed by atoms with van der Waals surface area (Å²) in [4.78, 5) is 15.8. The van der Waals surface area contributed by atoms with Crippen LogP contribution in [0.3, 0.4) is 0 Å². The maximum absolute atomic E-state index is 11.5. The van der Waals surface area contributed by atoms with Gasteiger partial charge in [0.2, 0.25) is 0 Å².